The standard InChI is InChI=1S/2C33H37.C4H10Si.2ClH.Zr/c2*1-2-28-15-26(18-32-10-8-22(17-32)9-11-32)16-31(28)30(3-1)27-4-6-29(7-5-27)33-19-23-12-24(20-33)14-25(13-23)21-33;1-3-4-5-2;;;/h2*1-7,15-16,22-25H,8-14,17-21H2;3-4H2,1-2H3;2*1H;/q2*-1;;;;+2/p-2. The molecule has 12 aliphatic rings. The van der Waals surface area contributed by atoms with Crippen molar-refractivity contribution in [2.45, 2.75) is 191 Å². The van der Waals surface area contributed by atoms with Gasteiger partial charge in [-0.3, -0.25) is 0 Å². The second-order valence-corrected chi connectivity index (χ2v) is 36.4. The minimum atomic E-state index is 0. The summed E-state index contributed by atoms with van der Waals surface area (Å²) in [6.45, 7) is 4.66. The van der Waals surface area contributed by atoms with Crippen molar-refractivity contribution in [2.75, 3.05) is 0 Å². The summed E-state index contributed by atoms with van der Waals surface area (Å²) in [7, 11) is 0. The van der Waals surface area contributed by atoms with Crippen LogP contribution in [0.2, 0.25) is 12.6 Å². The molecule has 0 saturated heterocycles. The number of rotatable bonds is 10. The van der Waals surface area contributed by atoms with Gasteiger partial charge in [0.15, 0.2) is 0 Å². The van der Waals surface area contributed by atoms with E-state index in [-0.39, 0.29) is 30.2 Å². The third-order valence-electron chi connectivity index (χ3n) is 22.9. The molecule has 0 aliphatic heterocycles. The first kappa shape index (κ1) is 52.5. The van der Waals surface area contributed by atoms with Crippen molar-refractivity contribution in [1.29, 1.82) is 0 Å². The summed E-state index contributed by atoms with van der Waals surface area (Å²) in [4.78, 5) is 0. The molecule has 0 aromatic heterocycles. The Balaban J connectivity index is 0.000000132. The average Bonchev–Trinajstić information content (AvgIpc) is 4.26. The predicted octanol–water partition coefficient (Wildman–Crippen LogP) is 13.2. The van der Waals surface area contributed by atoms with Gasteiger partial charge in [-0.05, 0) is 245 Å². The van der Waals surface area contributed by atoms with E-state index in [9.17, 15) is 0 Å². The van der Waals surface area contributed by atoms with Crippen LogP contribution in [0.5, 0.6) is 0 Å². The van der Waals surface area contributed by atoms with Crippen LogP contribution >= 0.6 is 0 Å². The van der Waals surface area contributed by atoms with Gasteiger partial charge in [0.2, 0.25) is 0 Å². The first-order chi connectivity index (χ1) is 35.1. The number of hydrogen-bond donors (Lipinski definition) is 0. The number of fused-ring (bicyclic) bond motifs is 6. The van der Waals surface area contributed by atoms with Gasteiger partial charge < -0.3 is 24.8 Å². The number of benzene rings is 4. The van der Waals surface area contributed by atoms with Crippen LogP contribution in [0.3, 0.4) is 0 Å². The van der Waals surface area contributed by atoms with Gasteiger partial charge in [0, 0.05) is 0 Å². The normalized spacial score (nSPS) is 35.1. The summed E-state index contributed by atoms with van der Waals surface area (Å²) in [5.41, 5.74) is 14.6. The van der Waals surface area contributed by atoms with Gasteiger partial charge in [0.25, 0.3) is 0 Å². The van der Waals surface area contributed by atoms with Crippen molar-refractivity contribution in [3.8, 4) is 22.3 Å². The summed E-state index contributed by atoms with van der Waals surface area (Å²) in [5, 5.41) is 5.83. The quantitative estimate of drug-likeness (QED) is 0.0947. The van der Waals surface area contributed by atoms with Crippen molar-refractivity contribution in [2.24, 2.45) is 58.2 Å². The molecular formula is C70H84Cl2SiZr-2. The molecule has 388 valence electrons. The Morgan fingerprint density at radius 3 is 1.11 bits per heavy atom. The molecule has 12 fully saturated rings. The summed E-state index contributed by atoms with van der Waals surface area (Å²) in [6.07, 6.45) is 36.8. The molecule has 0 N–H and O–H groups in total. The van der Waals surface area contributed by atoms with Gasteiger partial charge in [0.05, 0.1) is 0 Å². The molecule has 18 rings (SSSR count). The fourth-order valence-electron chi connectivity index (χ4n) is 20.6. The van der Waals surface area contributed by atoms with Gasteiger partial charge in [-0.15, -0.1) is 69.1 Å². The van der Waals surface area contributed by atoms with E-state index in [0.717, 1.165) is 47.3 Å². The minimum Gasteiger partial charge on any atom is -1.00 e. The maximum absolute atomic E-state index is 2.54. The summed E-state index contributed by atoms with van der Waals surface area (Å²) >= 11 is 1.79. The van der Waals surface area contributed by atoms with Crippen LogP contribution in [0.15, 0.2) is 109 Å². The third kappa shape index (κ3) is 9.88. The molecule has 0 radical (unpaired) electrons. The largest absolute Gasteiger partial charge is 1.00 e. The van der Waals surface area contributed by atoms with Crippen molar-refractivity contribution in [1.82, 2.24) is 0 Å². The van der Waals surface area contributed by atoms with E-state index in [1.807, 2.05) is 0 Å². The van der Waals surface area contributed by atoms with E-state index in [0.29, 0.717) is 21.7 Å². The molecule has 0 heterocycles. The molecule has 0 spiro atoms. The monoisotopic (exact) mass is 1110 g/mol. The van der Waals surface area contributed by atoms with E-state index in [1.165, 1.54) is 210 Å². The molecular weight excluding hydrogens is 1030 g/mol. The Kier molecular flexibility index (Phi) is 14.7. The van der Waals surface area contributed by atoms with Gasteiger partial charge in [0.1, 0.15) is 0 Å². The zero-order valence-electron chi connectivity index (χ0n) is 45.2. The van der Waals surface area contributed by atoms with Crippen molar-refractivity contribution >= 4 is 27.0 Å². The fourth-order valence-corrected chi connectivity index (χ4v) is 23.2. The zero-order chi connectivity index (χ0) is 48.2. The van der Waals surface area contributed by atoms with E-state index in [2.05, 4.69) is 123 Å². The maximum atomic E-state index is 2.54. The molecule has 0 amide bonds. The SMILES string of the molecule is CCC[Si](C)=[Zr+2].[Cl-].[Cl-].c1cc(-c2ccc(C34CC5CC(CC(C5)C3)C4)cc2)c2cc(CC34CCC(CC3)C4)[cH-]c2c1.c1cc(-c2ccc(C34CC5CC(CC(C5)C3)C4)cc2)c2cc(CC34CCC(CC3)C4)[cH-]c2c1. The Bertz CT molecular complexity index is 2690. The zero-order valence-corrected chi connectivity index (χ0v) is 50.1. The molecule has 0 atom stereocenters. The molecule has 0 unspecified atom stereocenters. The van der Waals surface area contributed by atoms with Gasteiger partial charge >= 0.3 is 54.7 Å². The average molecular weight is 1120 g/mol. The van der Waals surface area contributed by atoms with E-state index >= 15 is 0 Å². The number of hydrogen-bond acceptors (Lipinski definition) is 0. The van der Waals surface area contributed by atoms with E-state index in [1.54, 1.807) is 45.6 Å². The topological polar surface area (TPSA) is 0 Å². The van der Waals surface area contributed by atoms with Crippen molar-refractivity contribution in [3.05, 3.63) is 131 Å². The van der Waals surface area contributed by atoms with Gasteiger partial charge in [-0.25, -0.2) is 0 Å². The Labute approximate surface area is 474 Å². The smallest absolute Gasteiger partial charge is 0.00391 e. The Hall–Kier alpha value is -2.22. The molecule has 12 saturated carbocycles. The summed E-state index contributed by atoms with van der Waals surface area (Å²) in [5.74, 6) is 8.17. The first-order valence-electron chi connectivity index (χ1n) is 30.2. The second kappa shape index (κ2) is 20.8. The maximum Gasteiger partial charge on any atom is -0.00391 e. The molecule has 0 nitrogen and oxygen atoms in total. The van der Waals surface area contributed by atoms with Gasteiger partial charge in [-0.1, -0.05) is 71.8 Å². The molecule has 6 aromatic rings. The predicted molar refractivity (Wildman–Crippen MR) is 302 cm³/mol. The van der Waals surface area contributed by atoms with Crippen molar-refractivity contribution < 1.29 is 48.1 Å². The molecule has 12 bridgehead atoms. The third-order valence-corrected chi connectivity index (χ3v) is 26.0. The fraction of sp³-hybridized carbons (Fsp3) is 0.571. The van der Waals surface area contributed by atoms with E-state index in [4.69, 9.17) is 0 Å². The van der Waals surface area contributed by atoms with Crippen LogP contribution in [-0.4, -0.2) is 5.43 Å². The summed E-state index contributed by atoms with van der Waals surface area (Å²) in [6, 6.07) is 45.4. The van der Waals surface area contributed by atoms with Crippen LogP contribution in [0.1, 0.15) is 177 Å². The molecule has 4 heteroatoms. The van der Waals surface area contributed by atoms with Crippen molar-refractivity contribution in [3.63, 3.8) is 0 Å². The van der Waals surface area contributed by atoms with Gasteiger partial charge in [-0.2, -0.15) is 12.1 Å². The van der Waals surface area contributed by atoms with Crippen LogP contribution in [-0.2, 0) is 47.0 Å². The van der Waals surface area contributed by atoms with Crippen LogP contribution in [0.4, 0.5) is 0 Å². The summed E-state index contributed by atoms with van der Waals surface area (Å²) < 4.78 is 0. The van der Waals surface area contributed by atoms with E-state index < -0.39 is 0 Å². The molecule has 74 heavy (non-hydrogen) atoms. The molecule has 12 aliphatic carbocycles. The van der Waals surface area contributed by atoms with Crippen LogP contribution < -0.4 is 24.8 Å². The van der Waals surface area contributed by atoms with Crippen LogP contribution in [0, 0.1) is 58.2 Å². The Morgan fingerprint density at radius 2 is 0.824 bits per heavy atom. The second-order valence-electron chi connectivity index (χ2n) is 28.1. The minimum absolute atomic E-state index is 0. The molecule has 6 aromatic carbocycles. The number of halogens is 2. The Morgan fingerprint density at radius 1 is 0.473 bits per heavy atom. The first-order valence-corrected chi connectivity index (χ1v) is 36.1. The van der Waals surface area contributed by atoms with Crippen LogP contribution in [0.25, 0.3) is 43.8 Å².